The first-order valence-corrected chi connectivity index (χ1v) is 7.50. The van der Waals surface area contributed by atoms with Gasteiger partial charge in [-0.15, -0.1) is 0 Å². The van der Waals surface area contributed by atoms with Gasteiger partial charge < -0.3 is 0 Å². The predicted octanol–water partition coefficient (Wildman–Crippen LogP) is 5.28. The summed E-state index contributed by atoms with van der Waals surface area (Å²) < 4.78 is 0. The summed E-state index contributed by atoms with van der Waals surface area (Å²) in [5.74, 6) is 7.00. The van der Waals surface area contributed by atoms with E-state index in [1.54, 1.807) is 12.4 Å². The average Bonchev–Trinajstić information content (AvgIpc) is 2.52. The zero-order chi connectivity index (χ0) is 16.1. The molecule has 0 unspecified atom stereocenters. The van der Waals surface area contributed by atoms with Crippen molar-refractivity contribution in [1.82, 2.24) is 4.98 Å². The third-order valence-corrected chi connectivity index (χ3v) is 3.56. The van der Waals surface area contributed by atoms with Crippen molar-refractivity contribution in [3.8, 4) is 11.8 Å². The maximum absolute atomic E-state index is 7.50. The van der Waals surface area contributed by atoms with Crippen LogP contribution in [-0.4, -0.2) is 4.98 Å². The minimum absolute atomic E-state index is 0.310. The standard InChI is InChI=1S/C20H20N2/c1-14(2)18-12-17(7-6-16-8-10-22-11-9-16)13-19(15(3)4)20(18)21-5/h8-15H,1-4H3. The first-order valence-electron chi connectivity index (χ1n) is 7.50. The lowest BCUT2D eigenvalue weighted by molar-refractivity contribution is 0.841. The van der Waals surface area contributed by atoms with Crippen molar-refractivity contribution < 1.29 is 0 Å². The van der Waals surface area contributed by atoms with Crippen molar-refractivity contribution in [3.05, 3.63) is 70.3 Å². The van der Waals surface area contributed by atoms with E-state index in [1.165, 1.54) is 0 Å². The Balaban J connectivity index is 2.54. The highest BCUT2D eigenvalue weighted by atomic mass is 14.7. The molecule has 0 aliphatic carbocycles. The molecule has 0 bridgehead atoms. The van der Waals surface area contributed by atoms with Crippen LogP contribution in [0.5, 0.6) is 0 Å². The van der Waals surface area contributed by atoms with Gasteiger partial charge in [-0.3, -0.25) is 4.98 Å². The molecule has 110 valence electrons. The summed E-state index contributed by atoms with van der Waals surface area (Å²) in [5, 5.41) is 0. The summed E-state index contributed by atoms with van der Waals surface area (Å²) in [6.45, 7) is 16.0. The Hall–Kier alpha value is -2.58. The van der Waals surface area contributed by atoms with Gasteiger partial charge >= 0.3 is 0 Å². The highest BCUT2D eigenvalue weighted by Crippen LogP contribution is 2.35. The Morgan fingerprint density at radius 2 is 1.41 bits per heavy atom. The Kier molecular flexibility index (Phi) is 4.97. The van der Waals surface area contributed by atoms with Gasteiger partial charge in [-0.05, 0) is 35.1 Å². The zero-order valence-electron chi connectivity index (χ0n) is 13.5. The number of benzene rings is 1. The Bertz CT molecular complexity index is 725. The molecule has 22 heavy (non-hydrogen) atoms. The first-order chi connectivity index (χ1) is 10.5. The molecule has 2 nitrogen and oxygen atoms in total. The van der Waals surface area contributed by atoms with E-state index in [-0.39, 0.29) is 0 Å². The maximum Gasteiger partial charge on any atom is 0.194 e. The fourth-order valence-corrected chi connectivity index (χ4v) is 2.34. The lowest BCUT2D eigenvalue weighted by atomic mass is 9.90. The minimum atomic E-state index is 0.310. The topological polar surface area (TPSA) is 17.2 Å². The SMILES string of the molecule is [C-]#[N+]c1c(C(C)C)cc(C#Cc2ccncc2)cc1C(C)C. The number of hydrogen-bond acceptors (Lipinski definition) is 1. The van der Waals surface area contributed by atoms with E-state index in [0.29, 0.717) is 11.8 Å². The van der Waals surface area contributed by atoms with Crippen molar-refractivity contribution in [2.45, 2.75) is 39.5 Å². The molecular weight excluding hydrogens is 268 g/mol. The predicted molar refractivity (Wildman–Crippen MR) is 91.1 cm³/mol. The molecule has 0 aliphatic heterocycles. The second-order valence-corrected chi connectivity index (χ2v) is 5.91. The molecule has 0 aliphatic rings. The van der Waals surface area contributed by atoms with Crippen LogP contribution in [0.15, 0.2) is 36.7 Å². The number of nitrogens with zero attached hydrogens (tertiary/aromatic N) is 2. The lowest BCUT2D eigenvalue weighted by Gasteiger charge is -2.15. The zero-order valence-corrected chi connectivity index (χ0v) is 13.5. The number of rotatable bonds is 2. The van der Waals surface area contributed by atoms with Gasteiger partial charge in [0.15, 0.2) is 5.69 Å². The fraction of sp³-hybridized carbons (Fsp3) is 0.300. The van der Waals surface area contributed by atoms with Gasteiger partial charge in [0.1, 0.15) is 0 Å². The molecule has 2 heteroatoms. The van der Waals surface area contributed by atoms with Gasteiger partial charge in [-0.1, -0.05) is 51.7 Å². The van der Waals surface area contributed by atoms with E-state index in [2.05, 4.69) is 61.5 Å². The van der Waals surface area contributed by atoms with Gasteiger partial charge in [-0.25, -0.2) is 4.85 Å². The molecule has 0 atom stereocenters. The van der Waals surface area contributed by atoms with Gasteiger partial charge in [0.25, 0.3) is 0 Å². The largest absolute Gasteiger partial charge is 0.265 e. The van der Waals surface area contributed by atoms with E-state index in [4.69, 9.17) is 6.57 Å². The third kappa shape index (κ3) is 3.54. The van der Waals surface area contributed by atoms with Crippen LogP contribution < -0.4 is 0 Å². The molecule has 0 fully saturated rings. The summed E-state index contributed by atoms with van der Waals surface area (Å²) in [6, 6.07) is 7.90. The van der Waals surface area contributed by atoms with Crippen LogP contribution in [-0.2, 0) is 0 Å². The number of pyridine rings is 1. The second-order valence-electron chi connectivity index (χ2n) is 5.91. The summed E-state index contributed by atoms with van der Waals surface area (Å²) in [6.07, 6.45) is 3.48. The summed E-state index contributed by atoms with van der Waals surface area (Å²) in [4.78, 5) is 7.76. The minimum Gasteiger partial charge on any atom is -0.265 e. The van der Waals surface area contributed by atoms with Crippen LogP contribution in [0, 0.1) is 18.4 Å². The molecule has 0 N–H and O–H groups in total. The molecule has 2 rings (SSSR count). The molecule has 0 amide bonds. The van der Waals surface area contributed by atoms with Gasteiger partial charge in [-0.2, -0.15) is 0 Å². The van der Waals surface area contributed by atoms with E-state index >= 15 is 0 Å². The smallest absolute Gasteiger partial charge is 0.194 e. The maximum atomic E-state index is 7.50. The Morgan fingerprint density at radius 3 is 1.86 bits per heavy atom. The molecule has 0 radical (unpaired) electrons. The summed E-state index contributed by atoms with van der Waals surface area (Å²) >= 11 is 0. The van der Waals surface area contributed by atoms with Crippen LogP contribution in [0.1, 0.15) is 61.8 Å². The van der Waals surface area contributed by atoms with E-state index in [9.17, 15) is 0 Å². The van der Waals surface area contributed by atoms with E-state index in [1.807, 2.05) is 12.1 Å². The summed E-state index contributed by atoms with van der Waals surface area (Å²) in [5.41, 5.74) is 4.87. The Labute approximate surface area is 133 Å². The van der Waals surface area contributed by atoms with Crippen LogP contribution in [0.25, 0.3) is 4.85 Å². The first kappa shape index (κ1) is 15.8. The lowest BCUT2D eigenvalue weighted by Crippen LogP contribution is -1.96. The second kappa shape index (κ2) is 6.92. The quantitative estimate of drug-likeness (QED) is 0.543. The normalized spacial score (nSPS) is 10.2. The highest BCUT2D eigenvalue weighted by Gasteiger charge is 2.15. The molecule has 1 aromatic carbocycles. The fourth-order valence-electron chi connectivity index (χ4n) is 2.34. The van der Waals surface area contributed by atoms with Crippen molar-refractivity contribution in [2.24, 2.45) is 0 Å². The molecule has 2 aromatic rings. The van der Waals surface area contributed by atoms with Gasteiger partial charge in [0, 0.05) is 23.5 Å². The molecule has 1 aromatic heterocycles. The van der Waals surface area contributed by atoms with Crippen molar-refractivity contribution in [2.75, 3.05) is 0 Å². The number of hydrogen-bond donors (Lipinski definition) is 0. The Morgan fingerprint density at radius 1 is 0.909 bits per heavy atom. The van der Waals surface area contributed by atoms with Crippen molar-refractivity contribution in [1.29, 1.82) is 0 Å². The van der Waals surface area contributed by atoms with Gasteiger partial charge in [0.05, 0.1) is 6.57 Å². The molecule has 0 spiro atoms. The molecular formula is C20H20N2. The molecule has 0 saturated carbocycles. The number of aromatic nitrogens is 1. The highest BCUT2D eigenvalue weighted by molar-refractivity contribution is 5.64. The molecule has 0 saturated heterocycles. The average molecular weight is 288 g/mol. The van der Waals surface area contributed by atoms with Crippen LogP contribution in [0.3, 0.4) is 0 Å². The van der Waals surface area contributed by atoms with Crippen molar-refractivity contribution >= 4 is 5.69 Å². The van der Waals surface area contributed by atoms with E-state index < -0.39 is 0 Å². The van der Waals surface area contributed by atoms with Crippen LogP contribution in [0.4, 0.5) is 5.69 Å². The van der Waals surface area contributed by atoms with Crippen LogP contribution >= 0.6 is 0 Å². The van der Waals surface area contributed by atoms with Crippen molar-refractivity contribution in [3.63, 3.8) is 0 Å². The van der Waals surface area contributed by atoms with Crippen LogP contribution in [0.2, 0.25) is 0 Å². The molecule has 1 heterocycles. The van der Waals surface area contributed by atoms with Gasteiger partial charge in [0.2, 0.25) is 0 Å². The monoisotopic (exact) mass is 288 g/mol. The van der Waals surface area contributed by atoms with E-state index in [0.717, 1.165) is 27.9 Å². The third-order valence-electron chi connectivity index (χ3n) is 3.56. The summed E-state index contributed by atoms with van der Waals surface area (Å²) in [7, 11) is 0.